The predicted octanol–water partition coefficient (Wildman–Crippen LogP) is 1.93. The predicted molar refractivity (Wildman–Crippen MR) is 86.2 cm³/mol. The number of thiazole rings is 1. The summed E-state index contributed by atoms with van der Waals surface area (Å²) in [4.78, 5) is 18.2. The minimum Gasteiger partial charge on any atom is -0.344 e. The van der Waals surface area contributed by atoms with Gasteiger partial charge in [-0.05, 0) is 12.1 Å². The lowest BCUT2D eigenvalue weighted by Gasteiger charge is -2.39. The van der Waals surface area contributed by atoms with Gasteiger partial charge in [0.15, 0.2) is 10.9 Å². The van der Waals surface area contributed by atoms with Crippen molar-refractivity contribution in [2.24, 2.45) is 7.05 Å². The molecule has 2 aromatic heterocycles. The van der Waals surface area contributed by atoms with Crippen LogP contribution in [0, 0.1) is 11.6 Å². The van der Waals surface area contributed by atoms with Gasteiger partial charge in [0.05, 0.1) is 10.7 Å². The maximum absolute atomic E-state index is 13.7. The molecule has 1 fully saturated rings. The van der Waals surface area contributed by atoms with Crippen LogP contribution < -0.4 is 10.2 Å². The van der Waals surface area contributed by atoms with Crippen LogP contribution in [0.25, 0.3) is 10.2 Å². The summed E-state index contributed by atoms with van der Waals surface area (Å²) >= 11 is 1.24. The van der Waals surface area contributed by atoms with Gasteiger partial charge in [0.1, 0.15) is 17.0 Å². The third-order valence-electron chi connectivity index (χ3n) is 3.84. The molecule has 3 heterocycles. The van der Waals surface area contributed by atoms with E-state index in [0.29, 0.717) is 28.6 Å². The minimum atomic E-state index is -0.659. The third-order valence-corrected chi connectivity index (χ3v) is 4.90. The Balaban J connectivity index is 1.42. The molecule has 0 saturated carbocycles. The molecule has 9 heteroatoms. The number of fused-ring (bicyclic) bond motifs is 1. The molecular weight excluding hydrogens is 336 g/mol. The number of carbonyl (C=O) groups is 1. The molecule has 4 rings (SSSR count). The Morgan fingerprint density at radius 3 is 2.88 bits per heavy atom. The quantitative estimate of drug-likeness (QED) is 0.785. The third kappa shape index (κ3) is 2.60. The number of halogens is 2. The number of aromatic nitrogens is 3. The minimum absolute atomic E-state index is 0.0203. The van der Waals surface area contributed by atoms with Crippen molar-refractivity contribution in [1.82, 2.24) is 20.1 Å². The topological polar surface area (TPSA) is 63.1 Å². The average molecular weight is 349 g/mol. The van der Waals surface area contributed by atoms with Crippen LogP contribution in [-0.2, 0) is 7.05 Å². The maximum atomic E-state index is 13.7. The maximum Gasteiger partial charge on any atom is 0.272 e. The van der Waals surface area contributed by atoms with Crippen molar-refractivity contribution in [3.63, 3.8) is 0 Å². The van der Waals surface area contributed by atoms with Gasteiger partial charge in [-0.3, -0.25) is 9.48 Å². The first-order valence-electron chi connectivity index (χ1n) is 7.30. The van der Waals surface area contributed by atoms with Gasteiger partial charge in [0, 0.05) is 32.4 Å². The molecule has 1 aliphatic rings. The Labute approximate surface area is 139 Å². The number of benzene rings is 1. The number of anilines is 1. The number of hydrogen-bond acceptors (Lipinski definition) is 5. The van der Waals surface area contributed by atoms with E-state index in [1.54, 1.807) is 24.0 Å². The largest absolute Gasteiger partial charge is 0.344 e. The fourth-order valence-electron chi connectivity index (χ4n) is 2.60. The van der Waals surface area contributed by atoms with Gasteiger partial charge in [-0.1, -0.05) is 11.3 Å². The summed E-state index contributed by atoms with van der Waals surface area (Å²) in [6, 6.07) is 3.74. The smallest absolute Gasteiger partial charge is 0.272 e. The van der Waals surface area contributed by atoms with E-state index in [4.69, 9.17) is 0 Å². The summed E-state index contributed by atoms with van der Waals surface area (Å²) < 4.78 is 29.0. The lowest BCUT2D eigenvalue weighted by molar-refractivity contribution is 0.0924. The van der Waals surface area contributed by atoms with E-state index in [9.17, 15) is 13.6 Å². The van der Waals surface area contributed by atoms with Gasteiger partial charge in [0.25, 0.3) is 5.91 Å². The number of nitrogens with one attached hydrogen (secondary N) is 1. The van der Waals surface area contributed by atoms with Gasteiger partial charge < -0.3 is 10.2 Å². The van der Waals surface area contributed by atoms with Crippen molar-refractivity contribution in [1.29, 1.82) is 0 Å². The monoisotopic (exact) mass is 349 g/mol. The summed E-state index contributed by atoms with van der Waals surface area (Å²) in [5.74, 6) is -1.50. The molecule has 0 aliphatic carbocycles. The molecule has 0 spiro atoms. The first-order chi connectivity index (χ1) is 11.5. The summed E-state index contributed by atoms with van der Waals surface area (Å²) in [7, 11) is 1.75. The van der Waals surface area contributed by atoms with Gasteiger partial charge >= 0.3 is 0 Å². The van der Waals surface area contributed by atoms with E-state index < -0.39 is 11.6 Å². The number of hydrogen-bond donors (Lipinski definition) is 1. The zero-order valence-electron chi connectivity index (χ0n) is 12.7. The zero-order chi connectivity index (χ0) is 16.8. The molecule has 0 unspecified atom stereocenters. The van der Waals surface area contributed by atoms with E-state index in [0.717, 1.165) is 6.07 Å². The number of nitrogens with zero attached hydrogens (tertiary/aromatic N) is 4. The average Bonchev–Trinajstić information content (AvgIpc) is 3.08. The zero-order valence-corrected chi connectivity index (χ0v) is 13.5. The SMILES string of the molecule is Cn1ccc(C(=O)NC2CN(c3nc4c(F)cc(F)cc4s3)C2)n1. The molecular formula is C15H13F2N5OS. The molecule has 3 aromatic rings. The molecule has 1 amide bonds. The van der Waals surface area contributed by atoms with Crippen molar-refractivity contribution in [3.05, 3.63) is 41.7 Å². The normalized spacial score (nSPS) is 14.9. The Morgan fingerprint density at radius 1 is 1.38 bits per heavy atom. The highest BCUT2D eigenvalue weighted by atomic mass is 32.1. The second kappa shape index (κ2) is 5.52. The standard InChI is InChI=1S/C15H13F2N5OS/c1-21-3-2-11(20-21)14(23)18-9-6-22(7-9)15-19-13-10(17)4-8(16)5-12(13)24-15/h2-5,9H,6-7H2,1H3,(H,18,23). The number of carbonyl (C=O) groups excluding carboxylic acids is 1. The molecule has 6 nitrogen and oxygen atoms in total. The molecule has 0 radical (unpaired) electrons. The Morgan fingerprint density at radius 2 is 2.17 bits per heavy atom. The van der Waals surface area contributed by atoms with E-state index in [2.05, 4.69) is 15.4 Å². The number of aryl methyl sites for hydroxylation is 1. The molecule has 0 atom stereocenters. The molecule has 1 aliphatic heterocycles. The Bertz CT molecular complexity index is 931. The summed E-state index contributed by atoms with van der Waals surface area (Å²) in [6.07, 6.45) is 1.71. The number of rotatable bonds is 3. The molecule has 1 N–H and O–H groups in total. The lowest BCUT2D eigenvalue weighted by Crippen LogP contribution is -2.59. The Kier molecular flexibility index (Phi) is 3.45. The van der Waals surface area contributed by atoms with Gasteiger partial charge in [0.2, 0.25) is 0 Å². The fraction of sp³-hybridized carbons (Fsp3) is 0.267. The van der Waals surface area contributed by atoms with Crippen LogP contribution in [0.4, 0.5) is 13.9 Å². The lowest BCUT2D eigenvalue weighted by atomic mass is 10.1. The van der Waals surface area contributed by atoms with Crippen LogP contribution in [0.2, 0.25) is 0 Å². The first-order valence-corrected chi connectivity index (χ1v) is 8.12. The van der Waals surface area contributed by atoms with Crippen LogP contribution in [0.15, 0.2) is 24.4 Å². The molecule has 124 valence electrons. The van der Waals surface area contributed by atoms with Crippen LogP contribution >= 0.6 is 11.3 Å². The molecule has 1 aromatic carbocycles. The van der Waals surface area contributed by atoms with E-state index >= 15 is 0 Å². The number of amides is 1. The van der Waals surface area contributed by atoms with Crippen molar-refractivity contribution < 1.29 is 13.6 Å². The van der Waals surface area contributed by atoms with E-state index in [1.807, 2.05) is 4.90 Å². The van der Waals surface area contributed by atoms with Crippen molar-refractivity contribution in [3.8, 4) is 0 Å². The fourth-order valence-corrected chi connectivity index (χ4v) is 3.63. The highest BCUT2D eigenvalue weighted by Crippen LogP contribution is 2.33. The van der Waals surface area contributed by atoms with E-state index in [-0.39, 0.29) is 17.5 Å². The highest BCUT2D eigenvalue weighted by molar-refractivity contribution is 7.22. The summed E-state index contributed by atoms with van der Waals surface area (Å²) in [5.41, 5.74) is 0.547. The molecule has 1 saturated heterocycles. The van der Waals surface area contributed by atoms with Crippen LogP contribution in [0.5, 0.6) is 0 Å². The van der Waals surface area contributed by atoms with Crippen molar-refractivity contribution in [2.75, 3.05) is 18.0 Å². The second-order valence-electron chi connectivity index (χ2n) is 5.68. The van der Waals surface area contributed by atoms with Crippen molar-refractivity contribution in [2.45, 2.75) is 6.04 Å². The summed E-state index contributed by atoms with van der Waals surface area (Å²) in [5, 5.41) is 7.56. The van der Waals surface area contributed by atoms with Crippen LogP contribution in [-0.4, -0.2) is 39.8 Å². The van der Waals surface area contributed by atoms with Gasteiger partial charge in [-0.25, -0.2) is 13.8 Å². The molecule has 24 heavy (non-hydrogen) atoms. The van der Waals surface area contributed by atoms with Gasteiger partial charge in [-0.2, -0.15) is 5.10 Å². The highest BCUT2D eigenvalue weighted by Gasteiger charge is 2.31. The van der Waals surface area contributed by atoms with Crippen LogP contribution in [0.3, 0.4) is 0 Å². The molecule has 0 bridgehead atoms. The van der Waals surface area contributed by atoms with E-state index in [1.165, 1.54) is 17.4 Å². The van der Waals surface area contributed by atoms with Crippen molar-refractivity contribution >= 4 is 32.6 Å². The Hall–Kier alpha value is -2.55. The second-order valence-corrected chi connectivity index (χ2v) is 6.69. The first kappa shape index (κ1) is 15.0. The van der Waals surface area contributed by atoms with Gasteiger partial charge in [-0.15, -0.1) is 0 Å². The van der Waals surface area contributed by atoms with Crippen LogP contribution in [0.1, 0.15) is 10.5 Å². The summed E-state index contributed by atoms with van der Waals surface area (Å²) in [6.45, 7) is 1.14.